The first-order chi connectivity index (χ1) is 9.13. The topological polar surface area (TPSA) is 88.5 Å². The van der Waals surface area contributed by atoms with Crippen molar-refractivity contribution in [3.63, 3.8) is 0 Å². The number of hydrogen-bond acceptors (Lipinski definition) is 4. The van der Waals surface area contributed by atoms with Crippen LogP contribution in [-0.2, 0) is 4.79 Å². The summed E-state index contributed by atoms with van der Waals surface area (Å²) >= 11 is 0. The molecule has 0 radical (unpaired) electrons. The highest BCUT2D eigenvalue weighted by atomic mass is 16.5. The van der Waals surface area contributed by atoms with E-state index >= 15 is 0 Å². The first-order valence-electron chi connectivity index (χ1n) is 5.55. The van der Waals surface area contributed by atoms with Crippen LogP contribution < -0.4 is 10.1 Å². The van der Waals surface area contributed by atoms with E-state index in [1.165, 1.54) is 6.20 Å². The van der Waals surface area contributed by atoms with Gasteiger partial charge in [0, 0.05) is 17.0 Å². The van der Waals surface area contributed by atoms with E-state index in [2.05, 4.69) is 10.3 Å². The molecule has 1 heterocycles. The molecule has 0 saturated heterocycles. The summed E-state index contributed by atoms with van der Waals surface area (Å²) in [6.45, 7) is -0.444. The number of carboxylic acids is 1. The Morgan fingerprint density at radius 2 is 2.11 bits per heavy atom. The summed E-state index contributed by atoms with van der Waals surface area (Å²) in [6.07, 6.45) is 1.49. The Balaban J connectivity index is 2.44. The molecule has 0 spiro atoms. The minimum atomic E-state index is -1.11. The average molecular weight is 260 g/mol. The molecule has 1 aromatic heterocycles. The van der Waals surface area contributed by atoms with E-state index in [1.54, 1.807) is 31.4 Å². The maximum Gasteiger partial charge on any atom is 0.322 e. The molecule has 0 saturated carbocycles. The third-order valence-electron chi connectivity index (χ3n) is 2.60. The highest BCUT2D eigenvalue weighted by Gasteiger charge is 2.13. The van der Waals surface area contributed by atoms with Crippen molar-refractivity contribution in [3.8, 4) is 5.75 Å². The summed E-state index contributed by atoms with van der Waals surface area (Å²) in [7, 11) is 1.54. The molecule has 0 aliphatic rings. The Morgan fingerprint density at radius 1 is 1.32 bits per heavy atom. The lowest BCUT2D eigenvalue weighted by Gasteiger charge is -2.08. The summed E-state index contributed by atoms with van der Waals surface area (Å²) < 4.78 is 5.21. The fourth-order valence-electron chi connectivity index (χ4n) is 1.78. The smallest absolute Gasteiger partial charge is 0.322 e. The van der Waals surface area contributed by atoms with Gasteiger partial charge in [-0.1, -0.05) is 12.1 Å². The monoisotopic (exact) mass is 260 g/mol. The number of carbonyl (C=O) groups excluding carboxylic acids is 1. The van der Waals surface area contributed by atoms with Gasteiger partial charge in [0.15, 0.2) is 0 Å². The number of benzene rings is 1. The number of nitrogens with one attached hydrogen (secondary N) is 1. The van der Waals surface area contributed by atoms with Crippen molar-refractivity contribution in [1.82, 2.24) is 10.3 Å². The maximum atomic E-state index is 11.9. The first-order valence-corrected chi connectivity index (χ1v) is 5.55. The third-order valence-corrected chi connectivity index (χ3v) is 2.60. The van der Waals surface area contributed by atoms with E-state index in [0.717, 1.165) is 5.39 Å². The molecule has 6 nitrogen and oxygen atoms in total. The van der Waals surface area contributed by atoms with Gasteiger partial charge in [0.1, 0.15) is 18.0 Å². The van der Waals surface area contributed by atoms with Crippen LogP contribution in [0, 0.1) is 0 Å². The second-order valence-electron chi connectivity index (χ2n) is 3.79. The van der Waals surface area contributed by atoms with E-state index < -0.39 is 18.4 Å². The van der Waals surface area contributed by atoms with Gasteiger partial charge < -0.3 is 15.2 Å². The van der Waals surface area contributed by atoms with Crippen molar-refractivity contribution in [2.75, 3.05) is 13.7 Å². The molecule has 0 aliphatic heterocycles. The number of rotatable bonds is 4. The van der Waals surface area contributed by atoms with Crippen LogP contribution in [0.15, 0.2) is 30.5 Å². The molecular formula is C13H12N2O4. The van der Waals surface area contributed by atoms with Crippen LogP contribution in [0.1, 0.15) is 10.5 Å². The van der Waals surface area contributed by atoms with Crippen LogP contribution in [0.2, 0.25) is 0 Å². The predicted molar refractivity (Wildman–Crippen MR) is 68.3 cm³/mol. The molecule has 19 heavy (non-hydrogen) atoms. The van der Waals surface area contributed by atoms with Gasteiger partial charge in [-0.25, -0.2) is 0 Å². The van der Waals surface area contributed by atoms with Gasteiger partial charge in [-0.3, -0.25) is 14.6 Å². The zero-order valence-electron chi connectivity index (χ0n) is 10.2. The standard InChI is InChI=1S/C13H12N2O4/c1-19-10-4-2-3-9-8(10)5-6-14-12(9)13(18)15-7-11(16)17/h2-6H,7H2,1H3,(H,15,18)(H,16,17). The van der Waals surface area contributed by atoms with Crippen molar-refractivity contribution in [1.29, 1.82) is 0 Å². The molecule has 6 heteroatoms. The fraction of sp³-hybridized carbons (Fsp3) is 0.154. The van der Waals surface area contributed by atoms with Gasteiger partial charge in [-0.15, -0.1) is 0 Å². The number of fused-ring (bicyclic) bond motifs is 1. The van der Waals surface area contributed by atoms with Crippen molar-refractivity contribution < 1.29 is 19.4 Å². The van der Waals surface area contributed by atoms with Gasteiger partial charge in [-0.2, -0.15) is 0 Å². The van der Waals surface area contributed by atoms with Gasteiger partial charge in [-0.05, 0) is 12.1 Å². The average Bonchev–Trinajstić information content (AvgIpc) is 2.43. The van der Waals surface area contributed by atoms with E-state index in [1.807, 2.05) is 0 Å². The Hall–Kier alpha value is -2.63. The molecule has 98 valence electrons. The summed E-state index contributed by atoms with van der Waals surface area (Å²) in [5.74, 6) is -1.00. The van der Waals surface area contributed by atoms with E-state index in [0.29, 0.717) is 11.1 Å². The lowest BCUT2D eigenvalue weighted by Crippen LogP contribution is -2.30. The van der Waals surface area contributed by atoms with Crippen molar-refractivity contribution >= 4 is 22.6 Å². The Labute approximate surface area is 109 Å². The molecule has 0 bridgehead atoms. The summed E-state index contributed by atoms with van der Waals surface area (Å²) in [5.41, 5.74) is 0.178. The van der Waals surface area contributed by atoms with Crippen LogP contribution in [0.5, 0.6) is 5.75 Å². The number of aliphatic carboxylic acids is 1. The highest BCUT2D eigenvalue weighted by molar-refractivity contribution is 6.07. The molecule has 0 atom stereocenters. The Morgan fingerprint density at radius 3 is 2.79 bits per heavy atom. The first kappa shape index (κ1) is 12.8. The predicted octanol–water partition coefficient (Wildman–Crippen LogP) is 1.06. The van der Waals surface area contributed by atoms with Crippen molar-refractivity contribution in [2.24, 2.45) is 0 Å². The van der Waals surface area contributed by atoms with Crippen LogP contribution in [0.25, 0.3) is 10.8 Å². The minimum absolute atomic E-state index is 0.178. The maximum absolute atomic E-state index is 11.9. The molecule has 1 aromatic carbocycles. The largest absolute Gasteiger partial charge is 0.496 e. The van der Waals surface area contributed by atoms with Crippen molar-refractivity contribution in [3.05, 3.63) is 36.2 Å². The summed E-state index contributed by atoms with van der Waals surface area (Å²) in [5, 5.41) is 12.2. The number of amides is 1. The number of aromatic nitrogens is 1. The second-order valence-corrected chi connectivity index (χ2v) is 3.79. The van der Waals surface area contributed by atoms with Gasteiger partial charge in [0.05, 0.1) is 7.11 Å². The van der Waals surface area contributed by atoms with Gasteiger partial charge in [0.25, 0.3) is 5.91 Å². The number of pyridine rings is 1. The molecule has 2 rings (SSSR count). The third kappa shape index (κ3) is 2.62. The van der Waals surface area contributed by atoms with E-state index in [9.17, 15) is 9.59 Å². The SMILES string of the molecule is COc1cccc2c(C(=O)NCC(=O)O)nccc12. The highest BCUT2D eigenvalue weighted by Crippen LogP contribution is 2.26. The molecule has 0 unspecified atom stereocenters. The normalized spacial score (nSPS) is 10.2. The number of carbonyl (C=O) groups is 2. The number of carboxylic acid groups (broad SMARTS) is 1. The van der Waals surface area contributed by atoms with Crippen LogP contribution in [0.3, 0.4) is 0 Å². The van der Waals surface area contributed by atoms with Crippen LogP contribution in [0.4, 0.5) is 0 Å². The quantitative estimate of drug-likeness (QED) is 0.858. The van der Waals surface area contributed by atoms with Crippen molar-refractivity contribution in [2.45, 2.75) is 0 Å². The van der Waals surface area contributed by atoms with Crippen LogP contribution >= 0.6 is 0 Å². The lowest BCUT2D eigenvalue weighted by atomic mass is 10.1. The van der Waals surface area contributed by atoms with E-state index in [-0.39, 0.29) is 5.69 Å². The summed E-state index contributed by atoms with van der Waals surface area (Å²) in [6, 6.07) is 7.00. The number of nitrogens with zero attached hydrogens (tertiary/aromatic N) is 1. The zero-order chi connectivity index (χ0) is 13.8. The molecule has 2 N–H and O–H groups in total. The van der Waals surface area contributed by atoms with E-state index in [4.69, 9.17) is 9.84 Å². The fourth-order valence-corrected chi connectivity index (χ4v) is 1.78. The molecular weight excluding hydrogens is 248 g/mol. The molecule has 1 amide bonds. The van der Waals surface area contributed by atoms with Gasteiger partial charge >= 0.3 is 5.97 Å². The second kappa shape index (κ2) is 5.34. The Bertz CT molecular complexity index is 640. The number of ether oxygens (including phenoxy) is 1. The molecule has 0 fully saturated rings. The van der Waals surface area contributed by atoms with Gasteiger partial charge in [0.2, 0.25) is 0 Å². The number of methoxy groups -OCH3 is 1. The summed E-state index contributed by atoms with van der Waals surface area (Å²) in [4.78, 5) is 26.3. The zero-order valence-corrected chi connectivity index (χ0v) is 10.2. The minimum Gasteiger partial charge on any atom is -0.496 e. The Kier molecular flexibility index (Phi) is 3.61. The van der Waals surface area contributed by atoms with Crippen LogP contribution in [-0.4, -0.2) is 35.6 Å². The molecule has 0 aliphatic carbocycles. The lowest BCUT2D eigenvalue weighted by molar-refractivity contribution is -0.135. The number of hydrogen-bond donors (Lipinski definition) is 2. The molecule has 2 aromatic rings.